The number of halogens is 3. The molecule has 1 aliphatic heterocycles. The van der Waals surface area contributed by atoms with Gasteiger partial charge in [0.2, 0.25) is 6.79 Å². The molecule has 4 nitrogen and oxygen atoms in total. The molecule has 21 heavy (non-hydrogen) atoms. The highest BCUT2D eigenvalue weighted by Crippen LogP contribution is 2.39. The van der Waals surface area contributed by atoms with E-state index in [0.29, 0.717) is 37.8 Å². The monoisotopic (exact) mass is 343 g/mol. The summed E-state index contributed by atoms with van der Waals surface area (Å²) in [4.78, 5) is 12.2. The zero-order valence-electron chi connectivity index (χ0n) is 10.5. The van der Waals surface area contributed by atoms with Gasteiger partial charge >= 0.3 is 0 Å². The third-order valence-corrected chi connectivity index (χ3v) is 3.94. The summed E-state index contributed by atoms with van der Waals surface area (Å²) in [5.74, 6) is 0.728. The van der Waals surface area contributed by atoms with Crippen LogP contribution < -0.4 is 14.8 Å². The molecule has 0 radical (unpaired) electrons. The van der Waals surface area contributed by atoms with Gasteiger partial charge in [-0.1, -0.05) is 34.8 Å². The molecule has 1 amide bonds. The van der Waals surface area contributed by atoms with Crippen LogP contribution in [0.3, 0.4) is 0 Å². The van der Waals surface area contributed by atoms with Crippen LogP contribution in [0.4, 0.5) is 5.69 Å². The standard InChI is InChI=1S/C14H8Cl3NO3/c15-8-2-1-7(3-9(8)16)14(19)18-11-5-13-12(4-10(11)17)20-6-21-13/h1-5H,6H2,(H,18,19). The summed E-state index contributed by atoms with van der Waals surface area (Å²) in [7, 11) is 0. The first-order valence-electron chi connectivity index (χ1n) is 5.90. The van der Waals surface area contributed by atoms with Gasteiger partial charge < -0.3 is 14.8 Å². The van der Waals surface area contributed by atoms with Crippen LogP contribution in [-0.2, 0) is 0 Å². The zero-order valence-corrected chi connectivity index (χ0v) is 12.7. The maximum Gasteiger partial charge on any atom is 0.255 e. The minimum Gasteiger partial charge on any atom is -0.454 e. The van der Waals surface area contributed by atoms with E-state index in [0.717, 1.165) is 0 Å². The Balaban J connectivity index is 1.86. The van der Waals surface area contributed by atoms with Crippen LogP contribution in [0.2, 0.25) is 15.1 Å². The smallest absolute Gasteiger partial charge is 0.255 e. The Morgan fingerprint density at radius 2 is 1.67 bits per heavy atom. The Bertz CT molecular complexity index is 734. The van der Waals surface area contributed by atoms with E-state index >= 15 is 0 Å². The Morgan fingerprint density at radius 3 is 2.38 bits per heavy atom. The van der Waals surface area contributed by atoms with Crippen LogP contribution in [-0.4, -0.2) is 12.7 Å². The van der Waals surface area contributed by atoms with Crippen molar-refractivity contribution < 1.29 is 14.3 Å². The predicted octanol–water partition coefficient (Wildman–Crippen LogP) is 4.63. The lowest BCUT2D eigenvalue weighted by molar-refractivity contribution is 0.102. The lowest BCUT2D eigenvalue weighted by Crippen LogP contribution is -2.12. The van der Waals surface area contributed by atoms with Crippen molar-refractivity contribution in [2.75, 3.05) is 12.1 Å². The number of nitrogens with one attached hydrogen (secondary N) is 1. The van der Waals surface area contributed by atoms with Crippen molar-refractivity contribution >= 4 is 46.4 Å². The van der Waals surface area contributed by atoms with E-state index in [-0.39, 0.29) is 12.7 Å². The summed E-state index contributed by atoms with van der Waals surface area (Å²) >= 11 is 17.8. The number of amides is 1. The molecule has 2 aromatic carbocycles. The first-order valence-corrected chi connectivity index (χ1v) is 7.03. The van der Waals surface area contributed by atoms with Crippen LogP contribution in [0.15, 0.2) is 30.3 Å². The molecule has 0 aromatic heterocycles. The molecule has 1 aliphatic rings. The van der Waals surface area contributed by atoms with Crippen LogP contribution >= 0.6 is 34.8 Å². The Hall–Kier alpha value is -1.62. The van der Waals surface area contributed by atoms with Gasteiger partial charge in [-0.3, -0.25) is 4.79 Å². The highest BCUT2D eigenvalue weighted by atomic mass is 35.5. The molecule has 1 N–H and O–H groups in total. The number of rotatable bonds is 2. The normalized spacial score (nSPS) is 12.3. The summed E-state index contributed by atoms with van der Waals surface area (Å²) in [6, 6.07) is 7.82. The van der Waals surface area contributed by atoms with Crippen LogP contribution in [0.5, 0.6) is 11.5 Å². The first-order chi connectivity index (χ1) is 10.0. The molecule has 7 heteroatoms. The number of carbonyl (C=O) groups excluding carboxylic acids is 1. The fourth-order valence-electron chi connectivity index (χ4n) is 1.84. The fraction of sp³-hybridized carbons (Fsp3) is 0.0714. The van der Waals surface area contributed by atoms with Gasteiger partial charge in [-0.15, -0.1) is 0 Å². The second kappa shape index (κ2) is 5.64. The van der Waals surface area contributed by atoms with Crippen molar-refractivity contribution in [3.63, 3.8) is 0 Å². The average molecular weight is 345 g/mol. The van der Waals surface area contributed by atoms with E-state index in [1.807, 2.05) is 0 Å². The summed E-state index contributed by atoms with van der Waals surface area (Å²) in [6.07, 6.45) is 0. The van der Waals surface area contributed by atoms with Crippen LogP contribution in [0.25, 0.3) is 0 Å². The number of ether oxygens (including phenoxy) is 2. The van der Waals surface area contributed by atoms with Crippen molar-refractivity contribution in [1.29, 1.82) is 0 Å². The Kier molecular flexibility index (Phi) is 3.85. The molecule has 108 valence electrons. The van der Waals surface area contributed by atoms with E-state index in [4.69, 9.17) is 44.3 Å². The molecule has 0 saturated carbocycles. The molecular weight excluding hydrogens is 337 g/mol. The van der Waals surface area contributed by atoms with Crippen molar-refractivity contribution in [1.82, 2.24) is 0 Å². The molecule has 1 heterocycles. The number of fused-ring (bicyclic) bond motifs is 1. The molecule has 0 unspecified atom stereocenters. The molecule has 2 aromatic rings. The third kappa shape index (κ3) is 2.88. The third-order valence-electron chi connectivity index (χ3n) is 2.89. The number of hydrogen-bond donors (Lipinski definition) is 1. The average Bonchev–Trinajstić information content (AvgIpc) is 2.89. The predicted molar refractivity (Wildman–Crippen MR) is 82.0 cm³/mol. The second-order valence-electron chi connectivity index (χ2n) is 4.27. The van der Waals surface area contributed by atoms with Crippen molar-refractivity contribution in [2.24, 2.45) is 0 Å². The highest BCUT2D eigenvalue weighted by molar-refractivity contribution is 6.42. The maximum absolute atomic E-state index is 12.2. The molecule has 0 fully saturated rings. The number of anilines is 1. The minimum absolute atomic E-state index is 0.135. The fourth-order valence-corrected chi connectivity index (χ4v) is 2.34. The molecule has 3 rings (SSSR count). The number of carbonyl (C=O) groups is 1. The summed E-state index contributed by atoms with van der Waals surface area (Å²) in [5, 5.41) is 3.74. The van der Waals surface area contributed by atoms with Gasteiger partial charge in [0.1, 0.15) is 0 Å². The van der Waals surface area contributed by atoms with Crippen LogP contribution in [0.1, 0.15) is 10.4 Å². The van der Waals surface area contributed by atoms with Crippen molar-refractivity contribution in [2.45, 2.75) is 0 Å². The van der Waals surface area contributed by atoms with E-state index in [1.54, 1.807) is 24.3 Å². The summed E-state index contributed by atoms with van der Waals surface area (Å²) in [6.45, 7) is 0.135. The second-order valence-corrected chi connectivity index (χ2v) is 5.49. The van der Waals surface area contributed by atoms with E-state index < -0.39 is 0 Å². The number of benzene rings is 2. The van der Waals surface area contributed by atoms with Gasteiger partial charge in [0, 0.05) is 17.7 Å². The van der Waals surface area contributed by atoms with E-state index in [1.165, 1.54) is 6.07 Å². The van der Waals surface area contributed by atoms with Gasteiger partial charge in [0.15, 0.2) is 11.5 Å². The topological polar surface area (TPSA) is 47.6 Å². The van der Waals surface area contributed by atoms with Crippen LogP contribution in [0, 0.1) is 0 Å². The van der Waals surface area contributed by atoms with Crippen molar-refractivity contribution in [3.8, 4) is 11.5 Å². The summed E-state index contributed by atoms with van der Waals surface area (Å²) in [5.41, 5.74) is 0.801. The van der Waals surface area contributed by atoms with E-state index in [2.05, 4.69) is 5.32 Å². The minimum atomic E-state index is -0.352. The quantitative estimate of drug-likeness (QED) is 0.864. The van der Waals surface area contributed by atoms with Gasteiger partial charge in [-0.2, -0.15) is 0 Å². The molecule has 0 aliphatic carbocycles. The zero-order chi connectivity index (χ0) is 15.0. The SMILES string of the molecule is O=C(Nc1cc2c(cc1Cl)OCO2)c1ccc(Cl)c(Cl)c1. The van der Waals surface area contributed by atoms with E-state index in [9.17, 15) is 4.79 Å². The van der Waals surface area contributed by atoms with Gasteiger partial charge in [0.25, 0.3) is 5.91 Å². The molecule has 0 spiro atoms. The molecule has 0 atom stereocenters. The largest absolute Gasteiger partial charge is 0.454 e. The maximum atomic E-state index is 12.2. The molecule has 0 saturated heterocycles. The lowest BCUT2D eigenvalue weighted by Gasteiger charge is -2.09. The number of hydrogen-bond acceptors (Lipinski definition) is 3. The van der Waals surface area contributed by atoms with Crippen molar-refractivity contribution in [3.05, 3.63) is 51.0 Å². The molecular formula is C14H8Cl3NO3. The first kappa shape index (κ1) is 14.3. The lowest BCUT2D eigenvalue weighted by atomic mass is 10.2. The van der Waals surface area contributed by atoms with Gasteiger partial charge in [-0.05, 0) is 18.2 Å². The summed E-state index contributed by atoms with van der Waals surface area (Å²) < 4.78 is 10.4. The van der Waals surface area contributed by atoms with Gasteiger partial charge in [0.05, 0.1) is 20.8 Å². The highest BCUT2D eigenvalue weighted by Gasteiger charge is 2.18. The Labute approximate surface area is 135 Å². The Morgan fingerprint density at radius 1 is 0.952 bits per heavy atom. The van der Waals surface area contributed by atoms with Gasteiger partial charge in [-0.25, -0.2) is 0 Å². The molecule has 0 bridgehead atoms.